The van der Waals surface area contributed by atoms with Gasteiger partial charge in [0, 0.05) is 20.3 Å². The van der Waals surface area contributed by atoms with Crippen LogP contribution in [0.5, 0.6) is 0 Å². The Kier molecular flexibility index (Phi) is 6.00. The third-order valence-corrected chi connectivity index (χ3v) is 2.65. The van der Waals surface area contributed by atoms with Crippen LogP contribution in [0.1, 0.15) is 17.3 Å². The molecule has 0 aromatic carbocycles. The molecule has 1 aromatic rings. The van der Waals surface area contributed by atoms with Crippen LogP contribution in [0.25, 0.3) is 0 Å². The lowest BCUT2D eigenvalue weighted by Gasteiger charge is -2.15. The minimum Gasteiger partial charge on any atom is -0.462 e. The number of esters is 1. The van der Waals surface area contributed by atoms with Crippen LogP contribution in [-0.2, 0) is 20.8 Å². The summed E-state index contributed by atoms with van der Waals surface area (Å²) in [5, 5.41) is 10.9. The maximum atomic E-state index is 12.2. The standard InChI is InChI=1S/C12H16N2O7/c1-4-21-12(16)9-5-8(14(17)18)6-13(11(9)15)7-10(19-2)20-3/h5-6,10H,4,7H2,1-3H3. The normalized spacial score (nSPS) is 10.7. The Bertz CT molecular complexity index is 577. The summed E-state index contributed by atoms with van der Waals surface area (Å²) in [4.78, 5) is 34.0. The Labute approximate surface area is 120 Å². The molecule has 21 heavy (non-hydrogen) atoms. The van der Waals surface area contributed by atoms with E-state index in [9.17, 15) is 19.7 Å². The number of nitro groups is 1. The molecule has 0 amide bonds. The highest BCUT2D eigenvalue weighted by molar-refractivity contribution is 5.89. The van der Waals surface area contributed by atoms with Gasteiger partial charge in [0.25, 0.3) is 11.2 Å². The molecule has 0 fully saturated rings. The smallest absolute Gasteiger partial charge is 0.344 e. The Balaban J connectivity index is 3.32. The second kappa shape index (κ2) is 7.50. The van der Waals surface area contributed by atoms with Gasteiger partial charge in [-0.3, -0.25) is 14.9 Å². The summed E-state index contributed by atoms with van der Waals surface area (Å²) in [7, 11) is 2.73. The molecular formula is C12H16N2O7. The third-order valence-electron chi connectivity index (χ3n) is 2.65. The van der Waals surface area contributed by atoms with Gasteiger partial charge >= 0.3 is 5.97 Å². The van der Waals surface area contributed by atoms with Crippen molar-refractivity contribution in [3.8, 4) is 0 Å². The fraction of sp³-hybridized carbons (Fsp3) is 0.500. The topological polar surface area (TPSA) is 110 Å². The highest BCUT2D eigenvalue weighted by Crippen LogP contribution is 2.12. The van der Waals surface area contributed by atoms with Gasteiger partial charge in [-0.2, -0.15) is 0 Å². The molecule has 0 spiro atoms. The van der Waals surface area contributed by atoms with Gasteiger partial charge in [-0.15, -0.1) is 0 Å². The van der Waals surface area contributed by atoms with Gasteiger partial charge in [0.1, 0.15) is 5.56 Å². The fourth-order valence-electron chi connectivity index (χ4n) is 1.62. The van der Waals surface area contributed by atoms with Crippen LogP contribution < -0.4 is 5.56 Å². The van der Waals surface area contributed by atoms with Crippen molar-refractivity contribution in [1.29, 1.82) is 0 Å². The van der Waals surface area contributed by atoms with Gasteiger partial charge in [0.2, 0.25) is 0 Å². The van der Waals surface area contributed by atoms with Gasteiger partial charge in [-0.1, -0.05) is 0 Å². The third kappa shape index (κ3) is 4.10. The highest BCUT2D eigenvalue weighted by atomic mass is 16.7. The lowest BCUT2D eigenvalue weighted by Crippen LogP contribution is -2.32. The van der Waals surface area contributed by atoms with Crippen molar-refractivity contribution in [2.45, 2.75) is 19.8 Å². The average molecular weight is 300 g/mol. The Morgan fingerprint density at radius 3 is 2.52 bits per heavy atom. The summed E-state index contributed by atoms with van der Waals surface area (Å²) in [6.07, 6.45) is 0.246. The van der Waals surface area contributed by atoms with Crippen LogP contribution in [0.2, 0.25) is 0 Å². The summed E-state index contributed by atoms with van der Waals surface area (Å²) < 4.78 is 15.6. The minimum absolute atomic E-state index is 0.0553. The van der Waals surface area contributed by atoms with Gasteiger partial charge < -0.3 is 18.8 Å². The van der Waals surface area contributed by atoms with E-state index in [1.165, 1.54) is 14.2 Å². The van der Waals surface area contributed by atoms with Gasteiger partial charge in [-0.05, 0) is 6.92 Å². The Hall–Kier alpha value is -2.26. The maximum absolute atomic E-state index is 12.2. The first-order valence-electron chi connectivity index (χ1n) is 6.06. The van der Waals surface area contributed by atoms with E-state index >= 15 is 0 Å². The van der Waals surface area contributed by atoms with Crippen LogP contribution in [0.4, 0.5) is 5.69 Å². The molecule has 1 heterocycles. The minimum atomic E-state index is -0.911. The van der Waals surface area contributed by atoms with Crippen molar-refractivity contribution < 1.29 is 23.9 Å². The van der Waals surface area contributed by atoms with Crippen LogP contribution in [0.3, 0.4) is 0 Å². The molecule has 0 N–H and O–H groups in total. The number of ether oxygens (including phenoxy) is 3. The van der Waals surface area contributed by atoms with E-state index in [1.807, 2.05) is 0 Å². The van der Waals surface area contributed by atoms with E-state index < -0.39 is 34.0 Å². The number of hydrogen-bond acceptors (Lipinski definition) is 7. The van der Waals surface area contributed by atoms with E-state index in [0.717, 1.165) is 16.8 Å². The van der Waals surface area contributed by atoms with E-state index in [1.54, 1.807) is 6.92 Å². The van der Waals surface area contributed by atoms with E-state index in [-0.39, 0.29) is 13.2 Å². The molecule has 0 aliphatic heterocycles. The predicted octanol–water partition coefficient (Wildman–Crippen LogP) is 0.552. The zero-order valence-corrected chi connectivity index (χ0v) is 11.9. The molecule has 0 saturated heterocycles. The first-order valence-corrected chi connectivity index (χ1v) is 6.06. The number of nitrogens with zero attached hydrogens (tertiary/aromatic N) is 2. The molecule has 0 aliphatic carbocycles. The molecule has 116 valence electrons. The molecule has 1 rings (SSSR count). The zero-order chi connectivity index (χ0) is 16.0. The van der Waals surface area contributed by atoms with Gasteiger partial charge in [-0.25, -0.2) is 4.79 Å². The second-order valence-corrected chi connectivity index (χ2v) is 3.95. The Morgan fingerprint density at radius 2 is 2.05 bits per heavy atom. The summed E-state index contributed by atoms with van der Waals surface area (Å²) in [6.45, 7) is 1.53. The number of pyridine rings is 1. The van der Waals surface area contributed by atoms with Crippen molar-refractivity contribution in [2.75, 3.05) is 20.8 Å². The lowest BCUT2D eigenvalue weighted by atomic mass is 10.2. The van der Waals surface area contributed by atoms with Crippen molar-refractivity contribution in [2.24, 2.45) is 0 Å². The number of hydrogen-bond donors (Lipinski definition) is 0. The van der Waals surface area contributed by atoms with Crippen LogP contribution in [0, 0.1) is 10.1 Å². The van der Waals surface area contributed by atoms with Crippen molar-refractivity contribution in [3.05, 3.63) is 38.3 Å². The zero-order valence-electron chi connectivity index (χ0n) is 11.9. The molecule has 1 aromatic heterocycles. The monoisotopic (exact) mass is 300 g/mol. The summed E-state index contributed by atoms with van der Waals surface area (Å²) in [6, 6.07) is 0.894. The highest BCUT2D eigenvalue weighted by Gasteiger charge is 2.21. The second-order valence-electron chi connectivity index (χ2n) is 3.95. The molecule has 0 unspecified atom stereocenters. The van der Waals surface area contributed by atoms with E-state index in [0.29, 0.717) is 0 Å². The fourth-order valence-corrected chi connectivity index (χ4v) is 1.62. The largest absolute Gasteiger partial charge is 0.462 e. The SMILES string of the molecule is CCOC(=O)c1cc([N+](=O)[O-])cn(CC(OC)OC)c1=O. The molecule has 0 saturated carbocycles. The quantitative estimate of drug-likeness (QED) is 0.313. The van der Waals surface area contributed by atoms with Crippen molar-refractivity contribution >= 4 is 11.7 Å². The number of methoxy groups -OCH3 is 2. The van der Waals surface area contributed by atoms with E-state index in [2.05, 4.69) is 0 Å². The maximum Gasteiger partial charge on any atom is 0.344 e. The molecule has 0 radical (unpaired) electrons. The Morgan fingerprint density at radius 1 is 1.43 bits per heavy atom. The molecular weight excluding hydrogens is 284 g/mol. The summed E-state index contributed by atoms with van der Waals surface area (Å²) in [5.74, 6) is -0.911. The summed E-state index contributed by atoms with van der Waals surface area (Å²) >= 11 is 0. The first kappa shape index (κ1) is 16.8. The lowest BCUT2D eigenvalue weighted by molar-refractivity contribution is -0.385. The number of carbonyl (C=O) groups is 1. The summed E-state index contributed by atoms with van der Waals surface area (Å²) in [5.41, 5.74) is -1.52. The molecule has 0 bridgehead atoms. The van der Waals surface area contributed by atoms with Crippen molar-refractivity contribution in [1.82, 2.24) is 4.57 Å². The molecule has 9 heteroatoms. The van der Waals surface area contributed by atoms with Gasteiger partial charge in [0.05, 0.1) is 24.3 Å². The van der Waals surface area contributed by atoms with Crippen molar-refractivity contribution in [3.63, 3.8) is 0 Å². The van der Waals surface area contributed by atoms with Gasteiger partial charge in [0.15, 0.2) is 6.29 Å². The molecule has 0 atom stereocenters. The van der Waals surface area contributed by atoms with Crippen LogP contribution in [-0.4, -0.2) is 42.6 Å². The average Bonchev–Trinajstić information content (AvgIpc) is 2.46. The predicted molar refractivity (Wildman–Crippen MR) is 71.1 cm³/mol. The van der Waals surface area contributed by atoms with Crippen LogP contribution in [0.15, 0.2) is 17.1 Å². The number of carbonyl (C=O) groups excluding carboxylic acids is 1. The number of aromatic nitrogens is 1. The first-order chi connectivity index (χ1) is 9.94. The number of rotatable bonds is 7. The van der Waals surface area contributed by atoms with E-state index in [4.69, 9.17) is 14.2 Å². The molecule has 9 nitrogen and oxygen atoms in total. The van der Waals surface area contributed by atoms with Crippen LogP contribution >= 0.6 is 0 Å². The molecule has 0 aliphatic rings.